The van der Waals surface area contributed by atoms with Crippen molar-refractivity contribution in [3.8, 4) is 0 Å². The minimum atomic E-state index is 0.461. The van der Waals surface area contributed by atoms with Gasteiger partial charge in [0.2, 0.25) is 0 Å². The minimum absolute atomic E-state index is 0.461. The fraction of sp³-hybridized carbons (Fsp3) is 0.467. The molecular weight excluding hydrogens is 296 g/mol. The maximum atomic E-state index is 4.70. The molecule has 3 aromatic heterocycles. The van der Waals surface area contributed by atoms with Crippen LogP contribution in [-0.4, -0.2) is 24.7 Å². The number of aryl methyl sites for hydroxylation is 2. The molecular formula is C15H18N6S. The third kappa shape index (κ3) is 2.35. The number of fused-ring (bicyclic) bond motifs is 1. The monoisotopic (exact) mass is 314 g/mol. The lowest BCUT2D eigenvalue weighted by Crippen LogP contribution is -2.10. The Hall–Kier alpha value is -2.02. The van der Waals surface area contributed by atoms with Gasteiger partial charge in [-0.3, -0.25) is 4.68 Å². The highest BCUT2D eigenvalue weighted by Gasteiger charge is 2.30. The molecule has 0 aromatic carbocycles. The standard InChI is InChI=1S/C15H18N6S/c1-8-6-12(20-21(8)9(2)11-4-5-11)19-14-13-15(17-7-16-14)22-10(3)18-13/h6-7,9,11H,4-5H2,1-3H3,(H,16,17,19,20). The number of hydrogen-bond acceptors (Lipinski definition) is 6. The maximum absolute atomic E-state index is 4.70. The minimum Gasteiger partial charge on any atom is -0.321 e. The van der Waals surface area contributed by atoms with Crippen LogP contribution in [0.4, 0.5) is 11.6 Å². The zero-order valence-electron chi connectivity index (χ0n) is 12.9. The summed E-state index contributed by atoms with van der Waals surface area (Å²) in [5, 5.41) is 8.99. The molecule has 0 saturated heterocycles. The summed E-state index contributed by atoms with van der Waals surface area (Å²) in [5.41, 5.74) is 1.98. The Kier molecular flexibility index (Phi) is 3.11. The van der Waals surface area contributed by atoms with Crippen LogP contribution in [0.3, 0.4) is 0 Å². The summed E-state index contributed by atoms with van der Waals surface area (Å²) < 4.78 is 2.12. The Labute approximate surface area is 132 Å². The van der Waals surface area contributed by atoms with Crippen molar-refractivity contribution in [1.82, 2.24) is 24.7 Å². The van der Waals surface area contributed by atoms with Crippen molar-refractivity contribution in [2.24, 2.45) is 5.92 Å². The van der Waals surface area contributed by atoms with E-state index in [4.69, 9.17) is 5.10 Å². The number of thiazole rings is 1. The van der Waals surface area contributed by atoms with Crippen molar-refractivity contribution in [1.29, 1.82) is 0 Å². The molecule has 1 N–H and O–H groups in total. The summed E-state index contributed by atoms with van der Waals surface area (Å²) in [7, 11) is 0. The molecule has 3 aromatic rings. The number of aromatic nitrogens is 5. The molecule has 1 saturated carbocycles. The number of rotatable bonds is 4. The van der Waals surface area contributed by atoms with Crippen molar-refractivity contribution < 1.29 is 0 Å². The second-order valence-corrected chi connectivity index (χ2v) is 7.11. The van der Waals surface area contributed by atoms with E-state index >= 15 is 0 Å². The van der Waals surface area contributed by atoms with Crippen LogP contribution in [0.15, 0.2) is 12.4 Å². The fourth-order valence-corrected chi connectivity index (χ4v) is 3.57. The average Bonchev–Trinajstić information content (AvgIpc) is 3.16. The Bertz CT molecular complexity index is 832. The molecule has 1 aliphatic rings. The predicted molar refractivity (Wildman–Crippen MR) is 87.6 cm³/mol. The molecule has 114 valence electrons. The normalized spacial score (nSPS) is 16.1. The van der Waals surface area contributed by atoms with Crippen molar-refractivity contribution >= 4 is 33.3 Å². The molecule has 7 heteroatoms. The lowest BCUT2D eigenvalue weighted by Gasteiger charge is -2.12. The number of nitrogens with zero attached hydrogens (tertiary/aromatic N) is 5. The quantitative estimate of drug-likeness (QED) is 0.796. The Morgan fingerprint density at radius 2 is 2.14 bits per heavy atom. The lowest BCUT2D eigenvalue weighted by atomic mass is 10.2. The summed E-state index contributed by atoms with van der Waals surface area (Å²) in [6, 6.07) is 2.52. The van der Waals surface area contributed by atoms with Crippen LogP contribution in [0, 0.1) is 19.8 Å². The predicted octanol–water partition coefficient (Wildman–Crippen LogP) is 3.61. The molecule has 0 spiro atoms. The zero-order chi connectivity index (χ0) is 15.3. The fourth-order valence-electron chi connectivity index (χ4n) is 2.81. The van der Waals surface area contributed by atoms with E-state index in [1.165, 1.54) is 18.5 Å². The van der Waals surface area contributed by atoms with Crippen molar-refractivity contribution in [3.63, 3.8) is 0 Å². The van der Waals surface area contributed by atoms with Crippen LogP contribution in [-0.2, 0) is 0 Å². The van der Waals surface area contributed by atoms with E-state index in [2.05, 4.69) is 44.9 Å². The third-order valence-corrected chi connectivity index (χ3v) is 5.04. The Morgan fingerprint density at radius 1 is 1.32 bits per heavy atom. The first kappa shape index (κ1) is 13.6. The van der Waals surface area contributed by atoms with Crippen LogP contribution < -0.4 is 5.32 Å². The van der Waals surface area contributed by atoms with E-state index < -0.39 is 0 Å². The summed E-state index contributed by atoms with van der Waals surface area (Å²) >= 11 is 1.57. The van der Waals surface area contributed by atoms with Gasteiger partial charge in [0.05, 0.1) is 11.0 Å². The van der Waals surface area contributed by atoms with Gasteiger partial charge in [-0.25, -0.2) is 15.0 Å². The van der Waals surface area contributed by atoms with Crippen LogP contribution in [0.1, 0.15) is 36.5 Å². The van der Waals surface area contributed by atoms with E-state index in [0.29, 0.717) is 6.04 Å². The molecule has 1 atom stereocenters. The van der Waals surface area contributed by atoms with Gasteiger partial charge in [-0.2, -0.15) is 5.10 Å². The zero-order valence-corrected chi connectivity index (χ0v) is 13.7. The van der Waals surface area contributed by atoms with Crippen LogP contribution >= 0.6 is 11.3 Å². The van der Waals surface area contributed by atoms with Gasteiger partial charge in [0.15, 0.2) is 11.6 Å². The van der Waals surface area contributed by atoms with Gasteiger partial charge in [-0.05, 0) is 39.5 Å². The summed E-state index contributed by atoms with van der Waals surface area (Å²) in [6.07, 6.45) is 4.20. The molecule has 0 radical (unpaired) electrons. The number of anilines is 2. The molecule has 1 unspecified atom stereocenters. The highest BCUT2D eigenvalue weighted by atomic mass is 32.1. The molecule has 4 rings (SSSR count). The van der Waals surface area contributed by atoms with Crippen molar-refractivity contribution in [3.05, 3.63) is 23.1 Å². The lowest BCUT2D eigenvalue weighted by molar-refractivity contribution is 0.432. The molecule has 6 nitrogen and oxygen atoms in total. The van der Waals surface area contributed by atoms with Gasteiger partial charge in [0.1, 0.15) is 16.7 Å². The average molecular weight is 314 g/mol. The summed E-state index contributed by atoms with van der Waals surface area (Å²) in [6.45, 7) is 6.32. The summed E-state index contributed by atoms with van der Waals surface area (Å²) in [4.78, 5) is 14.0. The van der Waals surface area contributed by atoms with Crippen LogP contribution in [0.5, 0.6) is 0 Å². The first-order chi connectivity index (χ1) is 10.6. The van der Waals surface area contributed by atoms with Crippen LogP contribution in [0.25, 0.3) is 10.3 Å². The molecule has 0 aliphatic heterocycles. The van der Waals surface area contributed by atoms with E-state index in [1.807, 2.05) is 6.92 Å². The topological polar surface area (TPSA) is 68.5 Å². The second-order valence-electron chi connectivity index (χ2n) is 5.93. The van der Waals surface area contributed by atoms with Gasteiger partial charge in [0.25, 0.3) is 0 Å². The van der Waals surface area contributed by atoms with E-state index in [0.717, 1.165) is 32.9 Å². The van der Waals surface area contributed by atoms with Crippen molar-refractivity contribution in [2.75, 3.05) is 5.32 Å². The number of nitrogens with one attached hydrogen (secondary N) is 1. The van der Waals surface area contributed by atoms with Gasteiger partial charge in [0, 0.05) is 11.8 Å². The Balaban J connectivity index is 1.66. The molecule has 0 bridgehead atoms. The largest absolute Gasteiger partial charge is 0.321 e. The van der Waals surface area contributed by atoms with Gasteiger partial charge in [-0.15, -0.1) is 0 Å². The van der Waals surface area contributed by atoms with E-state index in [1.54, 1.807) is 17.7 Å². The van der Waals surface area contributed by atoms with Gasteiger partial charge >= 0.3 is 0 Å². The van der Waals surface area contributed by atoms with E-state index in [9.17, 15) is 0 Å². The highest BCUT2D eigenvalue weighted by molar-refractivity contribution is 7.18. The second kappa shape index (κ2) is 5.01. The molecule has 3 heterocycles. The smallest absolute Gasteiger partial charge is 0.162 e. The first-order valence-corrected chi connectivity index (χ1v) is 8.35. The molecule has 0 amide bonds. The van der Waals surface area contributed by atoms with Gasteiger partial charge in [-0.1, -0.05) is 11.3 Å². The number of hydrogen-bond donors (Lipinski definition) is 1. The molecule has 22 heavy (non-hydrogen) atoms. The first-order valence-electron chi connectivity index (χ1n) is 7.53. The molecule has 1 aliphatic carbocycles. The highest BCUT2D eigenvalue weighted by Crippen LogP contribution is 2.40. The van der Waals surface area contributed by atoms with Gasteiger partial charge < -0.3 is 5.32 Å². The maximum Gasteiger partial charge on any atom is 0.162 e. The van der Waals surface area contributed by atoms with E-state index in [-0.39, 0.29) is 0 Å². The molecule has 1 fully saturated rings. The Morgan fingerprint density at radius 3 is 2.91 bits per heavy atom. The SMILES string of the molecule is Cc1nc2c(Nc3cc(C)n(C(C)C4CC4)n3)ncnc2s1. The van der Waals surface area contributed by atoms with Crippen molar-refractivity contribution in [2.45, 2.75) is 39.7 Å². The summed E-state index contributed by atoms with van der Waals surface area (Å²) in [5.74, 6) is 2.31. The third-order valence-electron chi connectivity index (χ3n) is 4.16. The van der Waals surface area contributed by atoms with Crippen LogP contribution in [0.2, 0.25) is 0 Å².